The molecule has 2 aromatic carbocycles. The first-order valence-corrected chi connectivity index (χ1v) is 6.46. The van der Waals surface area contributed by atoms with Crippen molar-refractivity contribution in [1.29, 1.82) is 10.5 Å². The summed E-state index contributed by atoms with van der Waals surface area (Å²) in [6.45, 7) is 1.89. The first-order chi connectivity index (χ1) is 9.74. The third kappa shape index (κ3) is 3.16. The van der Waals surface area contributed by atoms with Crippen molar-refractivity contribution >= 4 is 5.69 Å². The minimum absolute atomic E-state index is 0.102. The van der Waals surface area contributed by atoms with Crippen LogP contribution in [0.5, 0.6) is 0 Å². The van der Waals surface area contributed by atoms with Crippen molar-refractivity contribution in [3.8, 4) is 12.1 Å². The van der Waals surface area contributed by atoms with Crippen molar-refractivity contribution in [3.05, 3.63) is 65.7 Å². The molecular formula is C17H15N3. The summed E-state index contributed by atoms with van der Waals surface area (Å²) in [5, 5.41) is 21.4. The summed E-state index contributed by atoms with van der Waals surface area (Å²) >= 11 is 0. The highest BCUT2D eigenvalue weighted by Gasteiger charge is 2.18. The van der Waals surface area contributed by atoms with Crippen molar-refractivity contribution in [3.63, 3.8) is 0 Å². The summed E-state index contributed by atoms with van der Waals surface area (Å²) in [5.74, 6) is -0.178. The zero-order valence-electron chi connectivity index (χ0n) is 11.2. The van der Waals surface area contributed by atoms with E-state index in [1.807, 2.05) is 49.4 Å². The van der Waals surface area contributed by atoms with E-state index in [1.54, 1.807) is 12.1 Å². The Morgan fingerprint density at radius 1 is 0.950 bits per heavy atom. The van der Waals surface area contributed by atoms with Crippen molar-refractivity contribution in [2.75, 3.05) is 5.32 Å². The van der Waals surface area contributed by atoms with Gasteiger partial charge in [-0.2, -0.15) is 10.5 Å². The molecule has 0 heterocycles. The fourth-order valence-electron chi connectivity index (χ4n) is 2.05. The number of anilines is 1. The lowest BCUT2D eigenvalue weighted by molar-refractivity contribution is 0.616. The van der Waals surface area contributed by atoms with Crippen LogP contribution in [-0.4, -0.2) is 0 Å². The fraction of sp³-hybridized carbons (Fsp3) is 0.176. The lowest BCUT2D eigenvalue weighted by atomic mass is 9.94. The minimum atomic E-state index is -0.178. The summed E-state index contributed by atoms with van der Waals surface area (Å²) in [6.07, 6.45) is 0. The van der Waals surface area contributed by atoms with Crippen LogP contribution in [0.25, 0.3) is 0 Å². The second-order valence-electron chi connectivity index (χ2n) is 4.64. The molecule has 1 N–H and O–H groups in total. The van der Waals surface area contributed by atoms with Gasteiger partial charge in [0, 0.05) is 5.69 Å². The Hall–Kier alpha value is -2.78. The molecular weight excluding hydrogens is 246 g/mol. The van der Waals surface area contributed by atoms with E-state index in [2.05, 4.69) is 17.5 Å². The fourth-order valence-corrected chi connectivity index (χ4v) is 2.05. The summed E-state index contributed by atoms with van der Waals surface area (Å²) in [5.41, 5.74) is 2.60. The highest BCUT2D eigenvalue weighted by Crippen LogP contribution is 2.26. The van der Waals surface area contributed by atoms with Gasteiger partial charge in [-0.3, -0.25) is 0 Å². The number of nitrogens with zero attached hydrogens (tertiary/aromatic N) is 2. The summed E-state index contributed by atoms with van der Waals surface area (Å²) in [4.78, 5) is 0. The topological polar surface area (TPSA) is 59.6 Å². The molecule has 3 heteroatoms. The van der Waals surface area contributed by atoms with Crippen molar-refractivity contribution in [2.24, 2.45) is 5.92 Å². The van der Waals surface area contributed by atoms with Gasteiger partial charge in [0.05, 0.1) is 29.7 Å². The molecule has 0 fully saturated rings. The predicted octanol–water partition coefficient (Wildman–Crippen LogP) is 3.87. The highest BCUT2D eigenvalue weighted by atomic mass is 14.9. The van der Waals surface area contributed by atoms with E-state index < -0.39 is 0 Å². The molecule has 20 heavy (non-hydrogen) atoms. The van der Waals surface area contributed by atoms with Crippen LogP contribution in [0.4, 0.5) is 5.69 Å². The van der Waals surface area contributed by atoms with Crippen LogP contribution in [0.2, 0.25) is 0 Å². The Morgan fingerprint density at radius 2 is 1.60 bits per heavy atom. The second-order valence-corrected chi connectivity index (χ2v) is 4.64. The molecule has 0 saturated heterocycles. The van der Waals surface area contributed by atoms with Gasteiger partial charge in [-0.25, -0.2) is 0 Å². The van der Waals surface area contributed by atoms with Crippen LogP contribution >= 0.6 is 0 Å². The molecule has 0 saturated carbocycles. The molecule has 0 aliphatic rings. The Balaban J connectivity index is 2.28. The zero-order chi connectivity index (χ0) is 14.4. The molecule has 2 aromatic rings. The monoisotopic (exact) mass is 261 g/mol. The van der Waals surface area contributed by atoms with Gasteiger partial charge >= 0.3 is 0 Å². The van der Waals surface area contributed by atoms with Gasteiger partial charge < -0.3 is 5.32 Å². The van der Waals surface area contributed by atoms with Crippen LogP contribution in [-0.2, 0) is 0 Å². The Morgan fingerprint density at radius 3 is 2.15 bits per heavy atom. The lowest BCUT2D eigenvalue weighted by Crippen LogP contribution is -2.17. The summed E-state index contributed by atoms with van der Waals surface area (Å²) in [6, 6.07) is 21.4. The van der Waals surface area contributed by atoms with Crippen LogP contribution in [0.1, 0.15) is 24.1 Å². The molecule has 2 atom stereocenters. The maximum absolute atomic E-state index is 9.20. The Kier molecular flexibility index (Phi) is 4.37. The number of nitriles is 2. The molecule has 0 aromatic heterocycles. The van der Waals surface area contributed by atoms with E-state index in [0.717, 1.165) is 11.3 Å². The van der Waals surface area contributed by atoms with Crippen LogP contribution in [0, 0.1) is 28.6 Å². The SMILES string of the molecule is C[C@@H](C#N)[C@H](Nc1ccccc1)c1ccc(C#N)cc1. The van der Waals surface area contributed by atoms with Gasteiger partial charge in [-0.1, -0.05) is 30.3 Å². The summed E-state index contributed by atoms with van der Waals surface area (Å²) in [7, 11) is 0. The quantitative estimate of drug-likeness (QED) is 0.908. The van der Waals surface area contributed by atoms with E-state index in [9.17, 15) is 5.26 Å². The van der Waals surface area contributed by atoms with Crippen LogP contribution in [0.15, 0.2) is 54.6 Å². The molecule has 0 aliphatic carbocycles. The predicted molar refractivity (Wildman–Crippen MR) is 78.7 cm³/mol. The number of rotatable bonds is 4. The average molecular weight is 261 g/mol. The maximum Gasteiger partial charge on any atom is 0.0991 e. The highest BCUT2D eigenvalue weighted by molar-refractivity contribution is 5.46. The third-order valence-electron chi connectivity index (χ3n) is 3.20. The van der Waals surface area contributed by atoms with Gasteiger partial charge in [-0.15, -0.1) is 0 Å². The number of hydrogen-bond donors (Lipinski definition) is 1. The normalized spacial score (nSPS) is 12.8. The van der Waals surface area contributed by atoms with E-state index >= 15 is 0 Å². The molecule has 2 rings (SSSR count). The molecule has 0 aliphatic heterocycles. The van der Waals surface area contributed by atoms with Gasteiger partial charge in [0.2, 0.25) is 0 Å². The molecule has 3 nitrogen and oxygen atoms in total. The molecule has 0 unspecified atom stereocenters. The molecule has 0 radical (unpaired) electrons. The number of benzene rings is 2. The first kappa shape index (κ1) is 13.6. The Labute approximate surface area is 119 Å². The molecule has 98 valence electrons. The standard InChI is InChI=1S/C17H15N3/c1-13(11-18)17(20-16-5-3-2-4-6-16)15-9-7-14(12-19)8-10-15/h2-10,13,17,20H,1H3/t13-,17-/m0/s1. The largest absolute Gasteiger partial charge is 0.377 e. The summed E-state index contributed by atoms with van der Waals surface area (Å²) < 4.78 is 0. The van der Waals surface area contributed by atoms with Crippen molar-refractivity contribution in [2.45, 2.75) is 13.0 Å². The van der Waals surface area contributed by atoms with Gasteiger partial charge in [0.1, 0.15) is 0 Å². The number of nitrogens with one attached hydrogen (secondary N) is 1. The minimum Gasteiger partial charge on any atom is -0.377 e. The maximum atomic E-state index is 9.20. The van der Waals surface area contributed by atoms with Gasteiger partial charge in [0.25, 0.3) is 0 Å². The van der Waals surface area contributed by atoms with E-state index in [0.29, 0.717) is 5.56 Å². The van der Waals surface area contributed by atoms with Gasteiger partial charge in [0.15, 0.2) is 0 Å². The average Bonchev–Trinajstić information content (AvgIpc) is 2.53. The lowest BCUT2D eigenvalue weighted by Gasteiger charge is -2.22. The Bertz CT molecular complexity index is 633. The van der Waals surface area contributed by atoms with Gasteiger partial charge in [-0.05, 0) is 36.8 Å². The van der Waals surface area contributed by atoms with Crippen LogP contribution in [0.3, 0.4) is 0 Å². The smallest absolute Gasteiger partial charge is 0.0991 e. The molecule has 0 amide bonds. The van der Waals surface area contributed by atoms with E-state index in [-0.39, 0.29) is 12.0 Å². The number of para-hydroxylation sites is 1. The zero-order valence-corrected chi connectivity index (χ0v) is 11.2. The van der Waals surface area contributed by atoms with Crippen molar-refractivity contribution < 1.29 is 0 Å². The molecule has 0 spiro atoms. The van der Waals surface area contributed by atoms with Crippen LogP contribution < -0.4 is 5.32 Å². The van der Waals surface area contributed by atoms with E-state index in [4.69, 9.17) is 5.26 Å². The second kappa shape index (κ2) is 6.41. The van der Waals surface area contributed by atoms with E-state index in [1.165, 1.54) is 0 Å². The number of hydrogen-bond acceptors (Lipinski definition) is 3. The van der Waals surface area contributed by atoms with Crippen molar-refractivity contribution in [1.82, 2.24) is 0 Å². The molecule has 0 bridgehead atoms. The first-order valence-electron chi connectivity index (χ1n) is 6.46. The third-order valence-corrected chi connectivity index (χ3v) is 3.20.